The largest absolute Gasteiger partial charge is 0.461 e. The second-order valence-electron chi connectivity index (χ2n) is 6.12. The standard InChI is InChI=1S/C21H18BrNO4S/c1-15(24)27-14-16-3-2-4-20(13-16)23-28(25,26)21-11-7-18(8-12-21)17-5-9-19(22)10-6-17/h2-13,23H,14H2,1H3. The maximum absolute atomic E-state index is 12.7. The molecule has 0 spiro atoms. The summed E-state index contributed by atoms with van der Waals surface area (Å²) in [5.41, 5.74) is 3.02. The van der Waals surface area contributed by atoms with Crippen LogP contribution in [0, 0.1) is 0 Å². The molecule has 0 aliphatic carbocycles. The summed E-state index contributed by atoms with van der Waals surface area (Å²) in [6.07, 6.45) is 0. The Balaban J connectivity index is 1.76. The summed E-state index contributed by atoms with van der Waals surface area (Å²) >= 11 is 3.40. The van der Waals surface area contributed by atoms with Crippen molar-refractivity contribution in [3.63, 3.8) is 0 Å². The number of carbonyl (C=O) groups excluding carboxylic acids is 1. The summed E-state index contributed by atoms with van der Waals surface area (Å²) in [6.45, 7) is 1.41. The topological polar surface area (TPSA) is 72.5 Å². The molecule has 0 aliphatic rings. The molecule has 3 rings (SSSR count). The molecule has 0 heterocycles. The third-order valence-electron chi connectivity index (χ3n) is 3.96. The molecular weight excluding hydrogens is 442 g/mol. The van der Waals surface area contributed by atoms with Gasteiger partial charge in [0.15, 0.2) is 0 Å². The smallest absolute Gasteiger partial charge is 0.302 e. The number of benzene rings is 3. The number of nitrogens with one attached hydrogen (secondary N) is 1. The highest BCUT2D eigenvalue weighted by Crippen LogP contribution is 2.24. The van der Waals surface area contributed by atoms with E-state index in [1.807, 2.05) is 24.3 Å². The second-order valence-corrected chi connectivity index (χ2v) is 8.72. The van der Waals surface area contributed by atoms with Gasteiger partial charge in [-0.3, -0.25) is 9.52 Å². The maximum Gasteiger partial charge on any atom is 0.302 e. The predicted molar refractivity (Wildman–Crippen MR) is 112 cm³/mol. The van der Waals surface area contributed by atoms with Gasteiger partial charge in [0.1, 0.15) is 6.61 Å². The van der Waals surface area contributed by atoms with Gasteiger partial charge in [0.25, 0.3) is 10.0 Å². The summed E-state index contributed by atoms with van der Waals surface area (Å²) in [5.74, 6) is -0.392. The highest BCUT2D eigenvalue weighted by Gasteiger charge is 2.14. The molecule has 0 aromatic heterocycles. The molecule has 0 saturated heterocycles. The number of carbonyl (C=O) groups is 1. The first-order valence-electron chi connectivity index (χ1n) is 8.45. The summed E-state index contributed by atoms with van der Waals surface area (Å²) in [4.78, 5) is 11.1. The summed E-state index contributed by atoms with van der Waals surface area (Å²) in [6, 6.07) is 21.2. The first-order chi connectivity index (χ1) is 13.3. The Morgan fingerprint density at radius 3 is 2.18 bits per heavy atom. The van der Waals surface area contributed by atoms with Gasteiger partial charge in [0.05, 0.1) is 4.90 Å². The van der Waals surface area contributed by atoms with Crippen LogP contribution in [0.3, 0.4) is 0 Å². The highest BCUT2D eigenvalue weighted by molar-refractivity contribution is 9.10. The first-order valence-corrected chi connectivity index (χ1v) is 10.7. The van der Waals surface area contributed by atoms with E-state index < -0.39 is 16.0 Å². The minimum Gasteiger partial charge on any atom is -0.461 e. The van der Waals surface area contributed by atoms with Gasteiger partial charge in [-0.05, 0) is 53.1 Å². The van der Waals surface area contributed by atoms with E-state index in [2.05, 4.69) is 20.7 Å². The van der Waals surface area contributed by atoms with Crippen molar-refractivity contribution in [2.24, 2.45) is 0 Å². The molecule has 1 N–H and O–H groups in total. The molecule has 144 valence electrons. The van der Waals surface area contributed by atoms with Gasteiger partial charge in [0, 0.05) is 17.1 Å². The predicted octanol–water partition coefficient (Wildman–Crippen LogP) is 4.98. The Hall–Kier alpha value is -2.64. The third-order valence-corrected chi connectivity index (χ3v) is 5.89. The zero-order valence-corrected chi connectivity index (χ0v) is 17.5. The number of ether oxygens (including phenoxy) is 1. The third kappa shape index (κ3) is 5.21. The van der Waals surface area contributed by atoms with Crippen LogP contribution in [0.2, 0.25) is 0 Å². The van der Waals surface area contributed by atoms with E-state index in [0.29, 0.717) is 11.3 Å². The number of hydrogen-bond donors (Lipinski definition) is 1. The molecule has 0 bridgehead atoms. The minimum atomic E-state index is -3.73. The molecule has 3 aromatic carbocycles. The zero-order chi connectivity index (χ0) is 20.1. The number of esters is 1. The highest BCUT2D eigenvalue weighted by atomic mass is 79.9. The molecule has 0 amide bonds. The fraction of sp³-hybridized carbons (Fsp3) is 0.0952. The van der Waals surface area contributed by atoms with Crippen molar-refractivity contribution in [3.8, 4) is 11.1 Å². The normalized spacial score (nSPS) is 11.1. The minimum absolute atomic E-state index is 0.0901. The molecule has 5 nitrogen and oxygen atoms in total. The molecule has 7 heteroatoms. The van der Waals surface area contributed by atoms with Crippen LogP contribution in [0.25, 0.3) is 11.1 Å². The van der Waals surface area contributed by atoms with Crippen molar-refractivity contribution in [2.45, 2.75) is 18.4 Å². The van der Waals surface area contributed by atoms with E-state index >= 15 is 0 Å². The van der Waals surface area contributed by atoms with Gasteiger partial charge >= 0.3 is 5.97 Å². The lowest BCUT2D eigenvalue weighted by Gasteiger charge is -2.10. The van der Waals surface area contributed by atoms with E-state index in [9.17, 15) is 13.2 Å². The monoisotopic (exact) mass is 459 g/mol. The fourth-order valence-electron chi connectivity index (χ4n) is 2.59. The Kier molecular flexibility index (Phi) is 6.16. The lowest BCUT2D eigenvalue weighted by Crippen LogP contribution is -2.13. The Bertz CT molecular complexity index is 1080. The molecule has 3 aromatic rings. The molecule has 0 atom stereocenters. The average molecular weight is 460 g/mol. The Labute approximate surface area is 172 Å². The summed E-state index contributed by atoms with van der Waals surface area (Å²) < 4.78 is 33.8. The maximum atomic E-state index is 12.7. The van der Waals surface area contributed by atoms with E-state index in [1.165, 1.54) is 6.92 Å². The fourth-order valence-corrected chi connectivity index (χ4v) is 3.91. The molecule has 0 aliphatic heterocycles. The molecule has 28 heavy (non-hydrogen) atoms. The van der Waals surface area contributed by atoms with Crippen molar-refractivity contribution in [1.82, 2.24) is 0 Å². The zero-order valence-electron chi connectivity index (χ0n) is 15.1. The van der Waals surface area contributed by atoms with Gasteiger partial charge in [-0.2, -0.15) is 0 Å². The molecule has 0 fully saturated rings. The van der Waals surface area contributed by atoms with E-state index in [4.69, 9.17) is 4.74 Å². The van der Waals surface area contributed by atoms with Gasteiger partial charge in [0.2, 0.25) is 0 Å². The van der Waals surface area contributed by atoms with E-state index in [1.54, 1.807) is 48.5 Å². The molecule has 0 saturated carbocycles. The Morgan fingerprint density at radius 1 is 0.964 bits per heavy atom. The van der Waals surface area contributed by atoms with Gasteiger partial charge < -0.3 is 4.74 Å². The van der Waals surface area contributed by atoms with Crippen LogP contribution < -0.4 is 4.72 Å². The average Bonchev–Trinajstić information content (AvgIpc) is 2.67. The van der Waals surface area contributed by atoms with Gasteiger partial charge in [-0.1, -0.05) is 52.3 Å². The van der Waals surface area contributed by atoms with Crippen LogP contribution in [0.4, 0.5) is 5.69 Å². The van der Waals surface area contributed by atoms with Crippen LogP contribution in [0.5, 0.6) is 0 Å². The number of anilines is 1. The van der Waals surface area contributed by atoms with E-state index in [0.717, 1.165) is 15.6 Å². The second kappa shape index (κ2) is 8.58. The van der Waals surface area contributed by atoms with Crippen molar-refractivity contribution in [3.05, 3.63) is 82.8 Å². The van der Waals surface area contributed by atoms with E-state index in [-0.39, 0.29) is 11.5 Å². The number of sulfonamides is 1. The Morgan fingerprint density at radius 2 is 1.57 bits per heavy atom. The van der Waals surface area contributed by atoms with Crippen molar-refractivity contribution >= 4 is 37.6 Å². The lowest BCUT2D eigenvalue weighted by atomic mass is 10.1. The van der Waals surface area contributed by atoms with Crippen molar-refractivity contribution < 1.29 is 17.9 Å². The summed E-state index contributed by atoms with van der Waals surface area (Å²) in [7, 11) is -3.73. The number of rotatable bonds is 6. The number of halogens is 1. The number of hydrogen-bond acceptors (Lipinski definition) is 4. The van der Waals surface area contributed by atoms with Gasteiger partial charge in [-0.15, -0.1) is 0 Å². The van der Waals surface area contributed by atoms with Crippen LogP contribution in [-0.2, 0) is 26.2 Å². The van der Waals surface area contributed by atoms with Crippen molar-refractivity contribution in [1.29, 1.82) is 0 Å². The SMILES string of the molecule is CC(=O)OCc1cccc(NS(=O)(=O)c2ccc(-c3ccc(Br)cc3)cc2)c1. The van der Waals surface area contributed by atoms with Crippen LogP contribution >= 0.6 is 15.9 Å². The molecule has 0 unspecified atom stereocenters. The van der Waals surface area contributed by atoms with Gasteiger partial charge in [-0.25, -0.2) is 8.42 Å². The molecular formula is C21H18BrNO4S. The quantitative estimate of drug-likeness (QED) is 0.527. The summed E-state index contributed by atoms with van der Waals surface area (Å²) in [5, 5.41) is 0. The van der Waals surface area contributed by atoms with Crippen LogP contribution in [0.1, 0.15) is 12.5 Å². The van der Waals surface area contributed by atoms with Crippen LogP contribution in [0.15, 0.2) is 82.2 Å². The molecule has 0 radical (unpaired) electrons. The lowest BCUT2D eigenvalue weighted by molar-refractivity contribution is -0.142. The van der Waals surface area contributed by atoms with Crippen molar-refractivity contribution in [2.75, 3.05) is 4.72 Å². The van der Waals surface area contributed by atoms with Crippen LogP contribution in [-0.4, -0.2) is 14.4 Å². The first kappa shape index (κ1) is 20.1.